The van der Waals surface area contributed by atoms with Crippen LogP contribution in [0.1, 0.15) is 99.4 Å². The second kappa shape index (κ2) is 13.8. The van der Waals surface area contributed by atoms with E-state index in [0.717, 1.165) is 73.0 Å². The molecule has 7 rings (SSSR count). The van der Waals surface area contributed by atoms with Crippen LogP contribution in [0.4, 0.5) is 5.69 Å². The molecule has 0 fully saturated rings. The highest BCUT2D eigenvalue weighted by Gasteiger charge is 2.48. The van der Waals surface area contributed by atoms with Crippen molar-refractivity contribution in [1.82, 2.24) is 4.98 Å². The zero-order valence-corrected chi connectivity index (χ0v) is 31.3. The Morgan fingerprint density at radius 1 is 0.792 bits per heavy atom. The van der Waals surface area contributed by atoms with Crippen molar-refractivity contribution >= 4 is 52.9 Å². The fourth-order valence-corrected chi connectivity index (χ4v) is 8.22. The van der Waals surface area contributed by atoms with E-state index in [1.54, 1.807) is 0 Å². The first kappa shape index (κ1) is 35.8. The van der Waals surface area contributed by atoms with E-state index in [-0.39, 0.29) is 42.9 Å². The van der Waals surface area contributed by atoms with Gasteiger partial charge in [-0.25, -0.2) is 9.98 Å². The second-order valence-electron chi connectivity index (χ2n) is 14.3. The summed E-state index contributed by atoms with van der Waals surface area (Å²) in [7, 11) is 4.15. The van der Waals surface area contributed by atoms with Gasteiger partial charge in [0.05, 0.1) is 61.1 Å². The molecule has 0 amide bonds. The molecule has 2 N–H and O–H groups in total. The van der Waals surface area contributed by atoms with E-state index in [4.69, 9.17) is 29.2 Å². The summed E-state index contributed by atoms with van der Waals surface area (Å²) < 4.78 is 15.0. The van der Waals surface area contributed by atoms with Crippen molar-refractivity contribution in [2.24, 2.45) is 15.0 Å². The summed E-state index contributed by atoms with van der Waals surface area (Å²) in [5.74, 6) is -0.745. The molecule has 0 spiro atoms. The number of allylic oxidation sites excluding steroid dienone is 6. The number of hydrogen-bond acceptors (Lipinski definition) is 10. The summed E-state index contributed by atoms with van der Waals surface area (Å²) >= 11 is 0. The Hall–Kier alpha value is -5.58. The van der Waals surface area contributed by atoms with E-state index < -0.39 is 5.41 Å². The first-order valence-corrected chi connectivity index (χ1v) is 18.0. The molecule has 1 aromatic carbocycles. The third kappa shape index (κ3) is 6.01. The molecule has 4 aliphatic heterocycles. The van der Waals surface area contributed by atoms with Gasteiger partial charge in [0.2, 0.25) is 0 Å². The number of H-pyrrole nitrogens is 1. The van der Waals surface area contributed by atoms with E-state index in [0.29, 0.717) is 54.8 Å². The average Bonchev–Trinajstić information content (AvgIpc) is 3.83. The smallest absolute Gasteiger partial charge is 0.305 e. The normalized spacial score (nSPS) is 19.9. The molecule has 0 saturated heterocycles. The van der Waals surface area contributed by atoms with E-state index in [2.05, 4.69) is 18.0 Å². The lowest BCUT2D eigenvalue weighted by atomic mass is 9.68. The van der Waals surface area contributed by atoms with Crippen molar-refractivity contribution in [1.29, 1.82) is 0 Å². The van der Waals surface area contributed by atoms with Gasteiger partial charge < -0.3 is 24.3 Å². The average molecular weight is 717 g/mol. The van der Waals surface area contributed by atoms with Crippen molar-refractivity contribution in [2.75, 3.05) is 21.3 Å². The minimum absolute atomic E-state index is 0.151. The summed E-state index contributed by atoms with van der Waals surface area (Å²) in [5.41, 5.74) is 13.3. The van der Waals surface area contributed by atoms with Gasteiger partial charge in [0.1, 0.15) is 5.76 Å². The molecular formula is C42H44N4O7. The van der Waals surface area contributed by atoms with Gasteiger partial charge in [-0.15, -0.1) is 0 Å². The summed E-state index contributed by atoms with van der Waals surface area (Å²) in [4.78, 5) is 56.6. The fraction of sp³-hybridized carbons (Fsp3) is 0.381. The highest BCUT2D eigenvalue weighted by atomic mass is 16.5. The van der Waals surface area contributed by atoms with Gasteiger partial charge in [0.25, 0.3) is 0 Å². The standard InChI is InChI=1S/C42H44N4O7/c1-21-24(11-14-34(48)51-5)31-20-32-25(12-15-35(49)52-6)23(3)38(45-32)27-9-8-10-28-39(27)46-41-37(33(47)17-18-42(28,41)4)40-26(13-16-36(50)53-7)22(2)30(44-40)19-29(21)43-31/h8-10,19-20,43,47H,11-18H2,1-7H3. The third-order valence-electron chi connectivity index (χ3n) is 11.4. The van der Waals surface area contributed by atoms with Crippen molar-refractivity contribution in [2.45, 2.75) is 84.5 Å². The first-order chi connectivity index (χ1) is 25.4. The number of ether oxygens (including phenoxy) is 3. The lowest BCUT2D eigenvalue weighted by Crippen LogP contribution is -2.37. The number of fused-ring (bicyclic) bond motifs is 7. The maximum Gasteiger partial charge on any atom is 0.305 e. The number of para-hydroxylation sites is 1. The second-order valence-corrected chi connectivity index (χ2v) is 14.3. The topological polar surface area (TPSA) is 152 Å². The molecule has 8 bridgehead atoms. The van der Waals surface area contributed by atoms with E-state index >= 15 is 0 Å². The van der Waals surface area contributed by atoms with Gasteiger partial charge >= 0.3 is 17.9 Å². The van der Waals surface area contributed by atoms with Gasteiger partial charge in [0.15, 0.2) is 0 Å². The van der Waals surface area contributed by atoms with E-state index in [1.165, 1.54) is 21.3 Å². The van der Waals surface area contributed by atoms with Crippen LogP contribution in [-0.4, -0.2) is 66.5 Å². The van der Waals surface area contributed by atoms with Crippen LogP contribution in [-0.2, 0) is 40.4 Å². The number of benzene rings is 1. The van der Waals surface area contributed by atoms with Crippen molar-refractivity contribution in [3.63, 3.8) is 0 Å². The van der Waals surface area contributed by atoms with Crippen LogP contribution in [0.3, 0.4) is 0 Å². The Morgan fingerprint density at radius 3 is 2.09 bits per heavy atom. The fourth-order valence-electron chi connectivity index (χ4n) is 8.22. The Kier molecular flexibility index (Phi) is 9.30. The van der Waals surface area contributed by atoms with Crippen LogP contribution in [0.15, 0.2) is 78.2 Å². The molecule has 0 saturated carbocycles. The number of carbonyl (C=O) groups is 3. The molecule has 2 aromatic rings. The molecule has 1 aromatic heterocycles. The highest BCUT2D eigenvalue weighted by Crippen LogP contribution is 2.52. The van der Waals surface area contributed by atoms with Crippen LogP contribution in [0.5, 0.6) is 0 Å². The summed E-state index contributed by atoms with van der Waals surface area (Å²) in [5, 5.41) is 11.7. The highest BCUT2D eigenvalue weighted by molar-refractivity contribution is 6.36. The van der Waals surface area contributed by atoms with Gasteiger partial charge in [0, 0.05) is 48.0 Å². The zero-order chi connectivity index (χ0) is 37.8. The summed E-state index contributed by atoms with van der Waals surface area (Å²) in [6, 6.07) is 6.16. The number of aromatic amines is 1. The molecule has 1 unspecified atom stereocenters. The number of rotatable bonds is 9. The summed E-state index contributed by atoms with van der Waals surface area (Å²) in [6.07, 6.45) is 6.80. The van der Waals surface area contributed by atoms with Crippen LogP contribution in [0.25, 0.3) is 12.2 Å². The van der Waals surface area contributed by atoms with Crippen LogP contribution < -0.4 is 0 Å². The number of esters is 3. The maximum absolute atomic E-state index is 12.4. The van der Waals surface area contributed by atoms with Crippen LogP contribution in [0, 0.1) is 6.92 Å². The molecule has 1 atom stereocenters. The predicted molar refractivity (Wildman–Crippen MR) is 203 cm³/mol. The van der Waals surface area contributed by atoms with Crippen LogP contribution >= 0.6 is 0 Å². The Labute approximate surface area is 308 Å². The number of hydrogen-bond donors (Lipinski definition) is 2. The number of carbonyl (C=O) groups excluding carboxylic acids is 3. The lowest BCUT2D eigenvalue weighted by Gasteiger charge is -2.34. The van der Waals surface area contributed by atoms with E-state index in [1.807, 2.05) is 45.1 Å². The third-order valence-corrected chi connectivity index (χ3v) is 11.4. The number of aliphatic hydroxyl groups is 1. The molecule has 11 heteroatoms. The van der Waals surface area contributed by atoms with Crippen molar-refractivity contribution in [3.05, 3.63) is 96.9 Å². The molecule has 5 aliphatic rings. The van der Waals surface area contributed by atoms with Gasteiger partial charge in [-0.05, 0) is 105 Å². The number of aromatic nitrogens is 1. The molecular weight excluding hydrogens is 672 g/mol. The van der Waals surface area contributed by atoms with Crippen LogP contribution in [0.2, 0.25) is 0 Å². The minimum atomic E-state index is -0.514. The summed E-state index contributed by atoms with van der Waals surface area (Å²) in [6.45, 7) is 8.19. The van der Waals surface area contributed by atoms with Crippen molar-refractivity contribution < 1.29 is 33.7 Å². The van der Waals surface area contributed by atoms with Crippen molar-refractivity contribution in [3.8, 4) is 0 Å². The molecule has 0 radical (unpaired) electrons. The minimum Gasteiger partial charge on any atom is -0.512 e. The van der Waals surface area contributed by atoms with Gasteiger partial charge in [-0.3, -0.25) is 19.4 Å². The Balaban J connectivity index is 1.52. The number of aliphatic imine (C=N–C) groups is 3. The predicted octanol–water partition coefficient (Wildman–Crippen LogP) is 7.57. The zero-order valence-electron chi connectivity index (χ0n) is 31.3. The van der Waals surface area contributed by atoms with E-state index in [9.17, 15) is 19.5 Å². The Morgan fingerprint density at radius 2 is 1.42 bits per heavy atom. The number of nitrogens with one attached hydrogen (secondary N) is 1. The number of methoxy groups -OCH3 is 3. The SMILES string of the molecule is COC(=O)CCC1=C(C)C2=NC1=Cc1[nH]c(c(C)c1CCC(=O)OC)C=C1N=C(C(CCC(=O)OC)=C1C)C1=C(O)CCC3(C)C1=Nc1c2cccc13. The molecule has 53 heavy (non-hydrogen) atoms. The number of nitrogens with zero attached hydrogens (tertiary/aromatic N) is 3. The molecule has 5 heterocycles. The Bertz CT molecular complexity index is 2250. The molecule has 11 nitrogen and oxygen atoms in total. The quantitative estimate of drug-likeness (QED) is 0.201. The monoisotopic (exact) mass is 716 g/mol. The lowest BCUT2D eigenvalue weighted by molar-refractivity contribution is -0.141. The van der Waals surface area contributed by atoms with Gasteiger partial charge in [-0.2, -0.15) is 0 Å². The number of aliphatic hydroxyl groups excluding tert-OH is 1. The molecule has 1 aliphatic carbocycles. The first-order valence-electron chi connectivity index (χ1n) is 18.0. The maximum atomic E-state index is 12.4. The largest absolute Gasteiger partial charge is 0.512 e. The van der Waals surface area contributed by atoms with Gasteiger partial charge in [-0.1, -0.05) is 18.2 Å². The molecule has 274 valence electrons.